The van der Waals surface area contributed by atoms with Gasteiger partial charge in [0.25, 0.3) is 5.22 Å². The predicted molar refractivity (Wildman–Crippen MR) is 84.3 cm³/mol. The van der Waals surface area contributed by atoms with Gasteiger partial charge in [0.1, 0.15) is 6.26 Å². The average molecular weight is 290 g/mol. The lowest BCUT2D eigenvalue weighted by atomic mass is 10.00. The molecule has 1 unspecified atom stereocenters. The zero-order chi connectivity index (χ0) is 14.5. The number of nitrogens with one attached hydrogen (secondary N) is 1. The van der Waals surface area contributed by atoms with Crippen molar-refractivity contribution in [3.63, 3.8) is 0 Å². The quantitative estimate of drug-likeness (QED) is 0.815. The Kier molecular flexibility index (Phi) is 5.26. The first-order valence-corrected chi connectivity index (χ1v) is 7.94. The molecule has 1 atom stereocenters. The topological polar surface area (TPSA) is 38.1 Å². The van der Waals surface area contributed by atoms with Gasteiger partial charge >= 0.3 is 0 Å². The van der Waals surface area contributed by atoms with Crippen molar-refractivity contribution in [2.24, 2.45) is 0 Å². The van der Waals surface area contributed by atoms with Crippen LogP contribution in [0.5, 0.6) is 0 Å². The van der Waals surface area contributed by atoms with Crippen molar-refractivity contribution in [1.82, 2.24) is 10.3 Å². The first-order valence-electron chi connectivity index (χ1n) is 6.95. The molecule has 0 fully saturated rings. The fourth-order valence-electron chi connectivity index (χ4n) is 2.19. The number of aromatic nitrogens is 1. The van der Waals surface area contributed by atoms with Crippen LogP contribution in [0.4, 0.5) is 0 Å². The highest BCUT2D eigenvalue weighted by Crippen LogP contribution is 2.26. The molecule has 1 aromatic heterocycles. The van der Waals surface area contributed by atoms with Crippen LogP contribution in [0.25, 0.3) is 0 Å². The molecule has 20 heavy (non-hydrogen) atoms. The highest BCUT2D eigenvalue weighted by Gasteiger charge is 2.15. The molecule has 0 spiro atoms. The molecule has 0 bridgehead atoms. The smallest absolute Gasteiger partial charge is 0.255 e. The van der Waals surface area contributed by atoms with E-state index in [1.165, 1.54) is 16.7 Å². The maximum atomic E-state index is 5.41. The predicted octanol–water partition coefficient (Wildman–Crippen LogP) is 4.04. The highest BCUT2D eigenvalue weighted by molar-refractivity contribution is 7.99. The Morgan fingerprint density at radius 1 is 1.30 bits per heavy atom. The summed E-state index contributed by atoms with van der Waals surface area (Å²) in [6.07, 6.45) is 1.70. The number of rotatable bonds is 6. The van der Waals surface area contributed by atoms with Crippen LogP contribution in [-0.4, -0.2) is 17.3 Å². The molecule has 3 nitrogen and oxygen atoms in total. The minimum atomic E-state index is 0.317. The molecule has 0 aliphatic carbocycles. The normalized spacial score (nSPS) is 12.6. The lowest BCUT2D eigenvalue weighted by Crippen LogP contribution is -2.23. The molecule has 0 radical (unpaired) electrons. The molecular weight excluding hydrogens is 268 g/mol. The maximum absolute atomic E-state index is 5.41. The van der Waals surface area contributed by atoms with Gasteiger partial charge in [0.2, 0.25) is 0 Å². The second-order valence-corrected chi connectivity index (χ2v) is 6.01. The van der Waals surface area contributed by atoms with Crippen LogP contribution < -0.4 is 5.32 Å². The molecule has 2 rings (SSSR count). The van der Waals surface area contributed by atoms with Gasteiger partial charge in [-0.05, 0) is 38.4 Å². The Bertz CT molecular complexity index is 565. The summed E-state index contributed by atoms with van der Waals surface area (Å²) in [5, 5.41) is 4.30. The summed E-state index contributed by atoms with van der Waals surface area (Å²) in [6.45, 7) is 9.33. The van der Waals surface area contributed by atoms with Crippen molar-refractivity contribution in [3.8, 4) is 0 Å². The van der Waals surface area contributed by atoms with Crippen LogP contribution in [0, 0.1) is 20.8 Å². The van der Waals surface area contributed by atoms with E-state index in [2.05, 4.69) is 49.3 Å². The first kappa shape index (κ1) is 15.1. The summed E-state index contributed by atoms with van der Waals surface area (Å²) in [4.78, 5) is 4.34. The van der Waals surface area contributed by atoms with E-state index in [9.17, 15) is 0 Å². The van der Waals surface area contributed by atoms with Gasteiger partial charge in [-0.2, -0.15) is 0 Å². The third-order valence-electron chi connectivity index (χ3n) is 3.23. The van der Waals surface area contributed by atoms with Crippen LogP contribution in [0.15, 0.2) is 34.1 Å². The van der Waals surface area contributed by atoms with Gasteiger partial charge in [0.05, 0.1) is 5.69 Å². The molecule has 1 N–H and O–H groups in total. The number of benzene rings is 1. The molecule has 0 saturated heterocycles. The van der Waals surface area contributed by atoms with E-state index in [0.29, 0.717) is 6.04 Å². The van der Waals surface area contributed by atoms with Gasteiger partial charge in [0.15, 0.2) is 0 Å². The lowest BCUT2D eigenvalue weighted by Gasteiger charge is -2.20. The fraction of sp³-hybridized carbons (Fsp3) is 0.438. The van der Waals surface area contributed by atoms with Crippen molar-refractivity contribution in [3.05, 3.63) is 46.8 Å². The molecule has 4 heteroatoms. The van der Waals surface area contributed by atoms with Gasteiger partial charge in [0, 0.05) is 11.8 Å². The van der Waals surface area contributed by atoms with Crippen LogP contribution in [0.1, 0.15) is 35.3 Å². The second-order valence-electron chi connectivity index (χ2n) is 5.04. The van der Waals surface area contributed by atoms with Crippen molar-refractivity contribution >= 4 is 11.8 Å². The number of oxazole rings is 1. The summed E-state index contributed by atoms with van der Waals surface area (Å²) in [5.74, 6) is 0.915. The Morgan fingerprint density at radius 3 is 2.75 bits per heavy atom. The molecule has 0 saturated carbocycles. The van der Waals surface area contributed by atoms with Crippen LogP contribution in [0.2, 0.25) is 0 Å². The van der Waals surface area contributed by atoms with Crippen molar-refractivity contribution in [2.45, 2.75) is 39.0 Å². The highest BCUT2D eigenvalue weighted by atomic mass is 32.2. The molecule has 108 valence electrons. The minimum absolute atomic E-state index is 0.317. The zero-order valence-corrected chi connectivity index (χ0v) is 13.4. The number of hydrogen-bond acceptors (Lipinski definition) is 4. The van der Waals surface area contributed by atoms with Crippen LogP contribution >= 0.6 is 11.8 Å². The van der Waals surface area contributed by atoms with Crippen molar-refractivity contribution in [1.29, 1.82) is 0 Å². The summed E-state index contributed by atoms with van der Waals surface area (Å²) < 4.78 is 5.41. The van der Waals surface area contributed by atoms with Gasteiger partial charge in [-0.3, -0.25) is 0 Å². The summed E-state index contributed by atoms with van der Waals surface area (Å²) in [7, 11) is 0. The largest absolute Gasteiger partial charge is 0.440 e. The molecule has 1 aromatic carbocycles. The summed E-state index contributed by atoms with van der Waals surface area (Å²) >= 11 is 1.66. The SMILES string of the molecule is CCNC(CSc1nc(C)co1)c1cc(C)ccc1C. The number of nitrogens with zero attached hydrogens (tertiary/aromatic N) is 1. The molecule has 0 aliphatic heterocycles. The van der Waals surface area contributed by atoms with E-state index >= 15 is 0 Å². The Morgan fingerprint density at radius 2 is 2.10 bits per heavy atom. The van der Waals surface area contributed by atoms with E-state index in [1.54, 1.807) is 18.0 Å². The van der Waals surface area contributed by atoms with Crippen LogP contribution in [0.3, 0.4) is 0 Å². The Labute approximate surface area is 125 Å². The van der Waals surface area contributed by atoms with Crippen molar-refractivity contribution < 1.29 is 4.42 Å². The average Bonchev–Trinajstić information content (AvgIpc) is 2.83. The van der Waals surface area contributed by atoms with E-state index in [1.807, 2.05) is 6.92 Å². The molecule has 2 aromatic rings. The van der Waals surface area contributed by atoms with E-state index in [0.717, 1.165) is 23.2 Å². The van der Waals surface area contributed by atoms with E-state index < -0.39 is 0 Å². The second kappa shape index (κ2) is 6.95. The summed E-state index contributed by atoms with van der Waals surface area (Å²) in [6, 6.07) is 6.93. The monoisotopic (exact) mass is 290 g/mol. The number of thioether (sulfide) groups is 1. The molecular formula is C16H22N2OS. The molecule has 1 heterocycles. The Hall–Kier alpha value is -1.26. The standard InChI is InChI=1S/C16H22N2OS/c1-5-17-15(10-20-16-18-13(4)9-19-16)14-8-11(2)6-7-12(14)3/h6-9,15,17H,5,10H2,1-4H3. The summed E-state index contributed by atoms with van der Waals surface area (Å²) in [5.41, 5.74) is 4.91. The zero-order valence-electron chi connectivity index (χ0n) is 12.6. The van der Waals surface area contributed by atoms with E-state index in [-0.39, 0.29) is 0 Å². The van der Waals surface area contributed by atoms with Gasteiger partial charge in [-0.1, -0.05) is 42.4 Å². The van der Waals surface area contributed by atoms with Crippen molar-refractivity contribution in [2.75, 3.05) is 12.3 Å². The lowest BCUT2D eigenvalue weighted by molar-refractivity contribution is 0.453. The van der Waals surface area contributed by atoms with Gasteiger partial charge < -0.3 is 9.73 Å². The number of hydrogen-bond donors (Lipinski definition) is 1. The minimum Gasteiger partial charge on any atom is -0.440 e. The molecule has 0 amide bonds. The third-order valence-corrected chi connectivity index (χ3v) is 4.17. The van der Waals surface area contributed by atoms with E-state index in [4.69, 9.17) is 4.42 Å². The maximum Gasteiger partial charge on any atom is 0.255 e. The third kappa shape index (κ3) is 3.87. The molecule has 0 aliphatic rings. The van der Waals surface area contributed by atoms with Crippen LogP contribution in [-0.2, 0) is 0 Å². The first-order chi connectivity index (χ1) is 9.60. The fourth-order valence-corrected chi connectivity index (χ4v) is 3.13. The van der Waals surface area contributed by atoms with Gasteiger partial charge in [-0.25, -0.2) is 4.98 Å². The Balaban J connectivity index is 2.11. The number of aryl methyl sites for hydroxylation is 3. The van der Waals surface area contributed by atoms with Gasteiger partial charge in [-0.15, -0.1) is 0 Å².